The van der Waals surface area contributed by atoms with E-state index in [-0.39, 0.29) is 11.7 Å². The van der Waals surface area contributed by atoms with Crippen molar-refractivity contribution in [1.29, 1.82) is 0 Å². The number of hydrogen-bond acceptors (Lipinski definition) is 4. The molecule has 0 unspecified atom stereocenters. The molecule has 3 rings (SSSR count). The van der Waals surface area contributed by atoms with Crippen LogP contribution in [0.4, 0.5) is 4.39 Å². The Morgan fingerprint density at radius 1 is 1.24 bits per heavy atom. The molecule has 2 heterocycles. The highest BCUT2D eigenvalue weighted by Gasteiger charge is 2.25. The summed E-state index contributed by atoms with van der Waals surface area (Å²) < 4.78 is 18.8. The lowest BCUT2D eigenvalue weighted by atomic mass is 9.95. The Bertz CT molecular complexity index is 792. The molecule has 6 heteroatoms. The standard InChI is InChI=1S/C23H30FN3O2/c1-18-15-21(3-4-22(18)24)23(28)27(16-19-5-9-25-10-6-19)17-20-7-11-26(12-8-20)13-14-29-2/h3-6,9-10,15,20H,7-8,11-14,16-17H2,1-2H3. The highest BCUT2D eigenvalue weighted by Crippen LogP contribution is 2.21. The van der Waals surface area contributed by atoms with E-state index in [0.717, 1.165) is 44.6 Å². The number of nitrogens with zero attached hydrogens (tertiary/aromatic N) is 3. The summed E-state index contributed by atoms with van der Waals surface area (Å²) >= 11 is 0. The number of ether oxygens (including phenoxy) is 1. The second-order valence-electron chi connectivity index (χ2n) is 7.78. The first-order valence-corrected chi connectivity index (χ1v) is 10.2. The fraction of sp³-hybridized carbons (Fsp3) is 0.478. The van der Waals surface area contributed by atoms with E-state index in [2.05, 4.69) is 9.88 Å². The Balaban J connectivity index is 1.70. The van der Waals surface area contributed by atoms with Crippen molar-refractivity contribution in [1.82, 2.24) is 14.8 Å². The summed E-state index contributed by atoms with van der Waals surface area (Å²) in [7, 11) is 1.73. The first-order chi connectivity index (χ1) is 14.1. The summed E-state index contributed by atoms with van der Waals surface area (Å²) in [4.78, 5) is 21.6. The van der Waals surface area contributed by atoms with Crippen molar-refractivity contribution >= 4 is 5.91 Å². The Hall–Kier alpha value is -2.31. The molecular formula is C23H30FN3O2. The number of piperidine rings is 1. The molecule has 0 atom stereocenters. The van der Waals surface area contributed by atoms with Crippen LogP contribution < -0.4 is 0 Å². The predicted octanol–water partition coefficient (Wildman–Crippen LogP) is 3.53. The molecule has 0 spiro atoms. The molecule has 29 heavy (non-hydrogen) atoms. The van der Waals surface area contributed by atoms with Gasteiger partial charge in [0.25, 0.3) is 5.91 Å². The van der Waals surface area contributed by atoms with E-state index in [4.69, 9.17) is 4.74 Å². The van der Waals surface area contributed by atoms with E-state index in [1.54, 1.807) is 38.6 Å². The average Bonchev–Trinajstić information content (AvgIpc) is 2.75. The zero-order chi connectivity index (χ0) is 20.6. The lowest BCUT2D eigenvalue weighted by Gasteiger charge is -2.35. The topological polar surface area (TPSA) is 45.7 Å². The maximum atomic E-state index is 13.7. The zero-order valence-electron chi connectivity index (χ0n) is 17.3. The van der Waals surface area contributed by atoms with Crippen molar-refractivity contribution in [2.45, 2.75) is 26.3 Å². The minimum absolute atomic E-state index is 0.0493. The Kier molecular flexibility index (Phi) is 7.72. The van der Waals surface area contributed by atoms with Gasteiger partial charge in [-0.1, -0.05) is 0 Å². The second kappa shape index (κ2) is 10.5. The highest BCUT2D eigenvalue weighted by molar-refractivity contribution is 5.94. The largest absolute Gasteiger partial charge is 0.383 e. The molecule has 0 saturated carbocycles. The van der Waals surface area contributed by atoms with Crippen LogP contribution in [0.1, 0.15) is 34.3 Å². The van der Waals surface area contributed by atoms with Gasteiger partial charge in [-0.2, -0.15) is 0 Å². The molecule has 1 aliphatic rings. The molecule has 1 aromatic carbocycles. The third-order valence-corrected chi connectivity index (χ3v) is 5.61. The smallest absolute Gasteiger partial charge is 0.254 e. The van der Waals surface area contributed by atoms with Crippen LogP contribution in [-0.4, -0.2) is 60.6 Å². The number of benzene rings is 1. The van der Waals surface area contributed by atoms with Crippen molar-refractivity contribution < 1.29 is 13.9 Å². The molecule has 1 aromatic heterocycles. The maximum absolute atomic E-state index is 13.7. The van der Waals surface area contributed by atoms with Crippen molar-refractivity contribution in [2.24, 2.45) is 5.92 Å². The number of amides is 1. The van der Waals surface area contributed by atoms with Crippen LogP contribution in [0.25, 0.3) is 0 Å². The summed E-state index contributed by atoms with van der Waals surface area (Å²) in [5.74, 6) is 0.124. The minimum atomic E-state index is -0.286. The van der Waals surface area contributed by atoms with Crippen LogP contribution in [0.5, 0.6) is 0 Å². The number of rotatable bonds is 8. The van der Waals surface area contributed by atoms with Gasteiger partial charge in [-0.3, -0.25) is 9.78 Å². The predicted molar refractivity (Wildman–Crippen MR) is 111 cm³/mol. The third-order valence-electron chi connectivity index (χ3n) is 5.61. The van der Waals surface area contributed by atoms with Gasteiger partial charge < -0.3 is 14.5 Å². The highest BCUT2D eigenvalue weighted by atomic mass is 19.1. The van der Waals surface area contributed by atoms with Crippen LogP contribution >= 0.6 is 0 Å². The van der Waals surface area contributed by atoms with Gasteiger partial charge in [0.1, 0.15) is 5.82 Å². The summed E-state index contributed by atoms with van der Waals surface area (Å²) in [5, 5.41) is 0. The molecular weight excluding hydrogens is 369 g/mol. The minimum Gasteiger partial charge on any atom is -0.383 e. The average molecular weight is 400 g/mol. The van der Waals surface area contributed by atoms with Crippen molar-refractivity contribution in [3.63, 3.8) is 0 Å². The molecule has 0 N–H and O–H groups in total. The molecule has 0 aliphatic carbocycles. The van der Waals surface area contributed by atoms with Crippen LogP contribution in [0, 0.1) is 18.7 Å². The number of carbonyl (C=O) groups excluding carboxylic acids is 1. The van der Waals surface area contributed by atoms with Crippen LogP contribution in [-0.2, 0) is 11.3 Å². The number of halogens is 1. The molecule has 1 saturated heterocycles. The maximum Gasteiger partial charge on any atom is 0.254 e. The van der Waals surface area contributed by atoms with Crippen LogP contribution in [0.3, 0.4) is 0 Å². The molecule has 1 aliphatic heterocycles. The number of likely N-dealkylation sites (tertiary alicyclic amines) is 1. The Morgan fingerprint density at radius 3 is 2.62 bits per heavy atom. The zero-order valence-corrected chi connectivity index (χ0v) is 17.3. The van der Waals surface area contributed by atoms with E-state index in [0.29, 0.717) is 30.1 Å². The van der Waals surface area contributed by atoms with Gasteiger partial charge in [-0.15, -0.1) is 0 Å². The van der Waals surface area contributed by atoms with Crippen molar-refractivity contribution in [3.8, 4) is 0 Å². The molecule has 0 radical (unpaired) electrons. The monoisotopic (exact) mass is 399 g/mol. The first-order valence-electron chi connectivity index (χ1n) is 10.2. The fourth-order valence-electron chi connectivity index (χ4n) is 3.81. The molecule has 1 amide bonds. The number of methoxy groups -OCH3 is 1. The summed E-state index contributed by atoms with van der Waals surface area (Å²) in [6, 6.07) is 8.47. The van der Waals surface area contributed by atoms with Gasteiger partial charge >= 0.3 is 0 Å². The lowest BCUT2D eigenvalue weighted by molar-refractivity contribution is 0.0658. The van der Waals surface area contributed by atoms with Gasteiger partial charge in [0, 0.05) is 44.7 Å². The molecule has 5 nitrogen and oxygen atoms in total. The summed E-state index contributed by atoms with van der Waals surface area (Å²) in [6.07, 6.45) is 5.61. The lowest BCUT2D eigenvalue weighted by Crippen LogP contribution is -2.41. The quantitative estimate of drug-likeness (QED) is 0.681. The fourth-order valence-corrected chi connectivity index (χ4v) is 3.81. The van der Waals surface area contributed by atoms with E-state index >= 15 is 0 Å². The SMILES string of the molecule is COCCN1CCC(CN(Cc2ccncc2)C(=O)c2ccc(F)c(C)c2)CC1. The van der Waals surface area contributed by atoms with E-state index in [1.165, 1.54) is 6.07 Å². The van der Waals surface area contributed by atoms with Gasteiger partial charge in [-0.05, 0) is 80.2 Å². The number of pyridine rings is 1. The van der Waals surface area contributed by atoms with Crippen LogP contribution in [0.2, 0.25) is 0 Å². The Labute approximate surface area is 172 Å². The second-order valence-corrected chi connectivity index (χ2v) is 7.78. The number of aryl methyl sites for hydroxylation is 1. The number of carbonyl (C=O) groups is 1. The van der Waals surface area contributed by atoms with Gasteiger partial charge in [0.2, 0.25) is 0 Å². The van der Waals surface area contributed by atoms with Crippen molar-refractivity contribution in [2.75, 3.05) is 39.9 Å². The van der Waals surface area contributed by atoms with Crippen molar-refractivity contribution in [3.05, 3.63) is 65.2 Å². The van der Waals surface area contributed by atoms with Gasteiger partial charge in [-0.25, -0.2) is 4.39 Å². The van der Waals surface area contributed by atoms with Crippen LogP contribution in [0.15, 0.2) is 42.7 Å². The molecule has 1 fully saturated rings. The molecule has 2 aromatic rings. The normalized spacial score (nSPS) is 15.4. The molecule has 0 bridgehead atoms. The van der Waals surface area contributed by atoms with Gasteiger partial charge in [0.05, 0.1) is 6.61 Å². The number of aromatic nitrogens is 1. The summed E-state index contributed by atoms with van der Waals surface area (Å²) in [5.41, 5.74) is 2.08. The number of hydrogen-bond donors (Lipinski definition) is 0. The summed E-state index contributed by atoms with van der Waals surface area (Å²) in [6.45, 7) is 6.69. The first kappa shape index (κ1) is 21.4. The Morgan fingerprint density at radius 2 is 1.97 bits per heavy atom. The third kappa shape index (κ3) is 6.08. The van der Waals surface area contributed by atoms with E-state index < -0.39 is 0 Å². The molecule has 156 valence electrons. The van der Waals surface area contributed by atoms with Gasteiger partial charge in [0.15, 0.2) is 0 Å². The van der Waals surface area contributed by atoms with E-state index in [9.17, 15) is 9.18 Å². The van der Waals surface area contributed by atoms with E-state index in [1.807, 2.05) is 17.0 Å².